The van der Waals surface area contributed by atoms with Gasteiger partial charge in [0.25, 0.3) is 0 Å². The van der Waals surface area contributed by atoms with Gasteiger partial charge in [0.2, 0.25) is 0 Å². The number of hydrogen-bond acceptors (Lipinski definition) is 5. The summed E-state index contributed by atoms with van der Waals surface area (Å²) in [4.78, 5) is 0. The van der Waals surface area contributed by atoms with Crippen molar-refractivity contribution in [3.63, 3.8) is 0 Å². The topological polar surface area (TPSA) is 68.5 Å². The lowest BCUT2D eigenvalue weighted by Crippen LogP contribution is -2.20. The van der Waals surface area contributed by atoms with Crippen molar-refractivity contribution in [2.24, 2.45) is 5.73 Å². The van der Waals surface area contributed by atoms with E-state index in [1.165, 1.54) is 5.56 Å². The number of para-hydroxylation sites is 1. The van der Waals surface area contributed by atoms with Crippen molar-refractivity contribution >= 4 is 5.69 Å². The molecule has 0 saturated carbocycles. The Kier molecular flexibility index (Phi) is 8.55. The maximum Gasteiger partial charge on any atom is 0.127 e. The predicted octanol–water partition coefficient (Wildman–Crippen LogP) is 5.78. The fraction of sp³-hybridized carbons (Fsp3) is 0.172. The van der Waals surface area contributed by atoms with Crippen molar-refractivity contribution in [2.45, 2.75) is 19.6 Å². The van der Waals surface area contributed by atoms with Crippen LogP contribution in [0.2, 0.25) is 0 Å². The van der Waals surface area contributed by atoms with Crippen molar-refractivity contribution in [3.05, 3.63) is 114 Å². The minimum absolute atomic E-state index is 0.511. The molecule has 4 rings (SSSR count). The van der Waals surface area contributed by atoms with E-state index < -0.39 is 0 Å². The minimum Gasteiger partial charge on any atom is -0.494 e. The molecule has 0 aliphatic carbocycles. The van der Waals surface area contributed by atoms with E-state index in [0.717, 1.165) is 40.3 Å². The number of nitrogens with two attached hydrogens (primary N) is 1. The molecule has 0 aliphatic heterocycles. The van der Waals surface area contributed by atoms with Crippen LogP contribution in [0.5, 0.6) is 11.5 Å². The number of benzene rings is 4. The molecule has 5 nitrogen and oxygen atoms in total. The van der Waals surface area contributed by atoms with Crippen molar-refractivity contribution in [3.8, 4) is 22.6 Å². The Balaban J connectivity index is 1.24. The van der Waals surface area contributed by atoms with Crippen LogP contribution in [-0.2, 0) is 13.2 Å². The van der Waals surface area contributed by atoms with E-state index in [9.17, 15) is 0 Å². The molecule has 174 valence electrons. The van der Waals surface area contributed by atoms with E-state index >= 15 is 0 Å². The molecule has 0 unspecified atom stereocenters. The SMILES string of the molecule is NCCCOc1ccc(CNNc2ccc(COc3ccccc3-c3ccccc3)cc2)cc1. The molecule has 34 heavy (non-hydrogen) atoms. The zero-order chi connectivity index (χ0) is 23.4. The molecule has 0 spiro atoms. The highest BCUT2D eigenvalue weighted by Gasteiger charge is 2.06. The van der Waals surface area contributed by atoms with Crippen LogP contribution >= 0.6 is 0 Å². The molecular formula is C29H31N3O2. The molecule has 0 bridgehead atoms. The molecule has 0 heterocycles. The number of anilines is 1. The number of ether oxygens (including phenoxy) is 2. The summed E-state index contributed by atoms with van der Waals surface area (Å²) < 4.78 is 11.8. The van der Waals surface area contributed by atoms with Gasteiger partial charge in [0.05, 0.1) is 6.61 Å². The van der Waals surface area contributed by atoms with E-state index in [-0.39, 0.29) is 0 Å². The summed E-state index contributed by atoms with van der Waals surface area (Å²) >= 11 is 0. The number of hydrogen-bond donors (Lipinski definition) is 3. The van der Waals surface area contributed by atoms with Crippen molar-refractivity contribution in [1.29, 1.82) is 0 Å². The number of nitrogens with one attached hydrogen (secondary N) is 2. The third kappa shape index (κ3) is 6.85. The number of hydrazine groups is 1. The van der Waals surface area contributed by atoms with Crippen LogP contribution in [0.3, 0.4) is 0 Å². The van der Waals surface area contributed by atoms with Crippen molar-refractivity contribution in [1.82, 2.24) is 5.43 Å². The normalized spacial score (nSPS) is 10.6. The third-order valence-electron chi connectivity index (χ3n) is 5.39. The van der Waals surface area contributed by atoms with Gasteiger partial charge >= 0.3 is 0 Å². The van der Waals surface area contributed by atoms with Gasteiger partial charge in [-0.2, -0.15) is 0 Å². The van der Waals surface area contributed by atoms with Crippen LogP contribution in [-0.4, -0.2) is 13.2 Å². The molecule has 4 aromatic carbocycles. The first-order chi connectivity index (χ1) is 16.8. The molecule has 0 saturated heterocycles. The largest absolute Gasteiger partial charge is 0.494 e. The molecule has 4 N–H and O–H groups in total. The van der Waals surface area contributed by atoms with Gasteiger partial charge in [0.1, 0.15) is 18.1 Å². The van der Waals surface area contributed by atoms with Crippen LogP contribution in [0.4, 0.5) is 5.69 Å². The predicted molar refractivity (Wildman–Crippen MR) is 139 cm³/mol. The summed E-state index contributed by atoms with van der Waals surface area (Å²) in [5, 5.41) is 0. The molecule has 0 aromatic heterocycles. The maximum absolute atomic E-state index is 6.14. The first-order valence-corrected chi connectivity index (χ1v) is 11.6. The van der Waals surface area contributed by atoms with Gasteiger partial charge in [0.15, 0.2) is 0 Å². The van der Waals surface area contributed by atoms with Crippen LogP contribution < -0.4 is 26.1 Å². The highest BCUT2D eigenvalue weighted by molar-refractivity contribution is 5.70. The van der Waals surface area contributed by atoms with E-state index in [0.29, 0.717) is 26.3 Å². The molecule has 0 aliphatic rings. The summed E-state index contributed by atoms with van der Waals surface area (Å²) in [5.74, 6) is 1.75. The number of rotatable bonds is 12. The zero-order valence-electron chi connectivity index (χ0n) is 19.2. The molecule has 0 atom stereocenters. The van der Waals surface area contributed by atoms with Gasteiger partial charge in [-0.1, -0.05) is 72.8 Å². The van der Waals surface area contributed by atoms with Gasteiger partial charge in [-0.05, 0) is 60.0 Å². The Morgan fingerprint density at radius 1 is 0.676 bits per heavy atom. The Hall–Kier alpha value is -3.80. The smallest absolute Gasteiger partial charge is 0.127 e. The maximum atomic E-state index is 6.14. The molecule has 5 heteroatoms. The van der Waals surface area contributed by atoms with Crippen LogP contribution in [0, 0.1) is 0 Å². The minimum atomic E-state index is 0.511. The summed E-state index contributed by atoms with van der Waals surface area (Å²) in [6.07, 6.45) is 0.860. The Bertz CT molecular complexity index is 1130. The average Bonchev–Trinajstić information content (AvgIpc) is 2.90. The average molecular weight is 454 g/mol. The van der Waals surface area contributed by atoms with Gasteiger partial charge in [-0.15, -0.1) is 0 Å². The summed E-state index contributed by atoms with van der Waals surface area (Å²) in [7, 11) is 0. The Morgan fingerprint density at radius 2 is 1.38 bits per heavy atom. The van der Waals surface area contributed by atoms with E-state index in [2.05, 4.69) is 53.3 Å². The second-order valence-electron chi connectivity index (χ2n) is 7.96. The van der Waals surface area contributed by atoms with Crippen LogP contribution in [0.15, 0.2) is 103 Å². The van der Waals surface area contributed by atoms with E-state index in [1.807, 2.05) is 60.7 Å². The summed E-state index contributed by atoms with van der Waals surface area (Å²) in [5.41, 5.74) is 17.5. The quantitative estimate of drug-likeness (QED) is 0.187. The lowest BCUT2D eigenvalue weighted by Gasteiger charge is -2.13. The van der Waals surface area contributed by atoms with Gasteiger partial charge in [-0.25, -0.2) is 5.43 Å². The fourth-order valence-electron chi connectivity index (χ4n) is 3.52. The Labute approximate surface area is 201 Å². The van der Waals surface area contributed by atoms with Crippen LogP contribution in [0.25, 0.3) is 11.1 Å². The lowest BCUT2D eigenvalue weighted by atomic mass is 10.0. The highest BCUT2D eigenvalue weighted by atomic mass is 16.5. The molecular weight excluding hydrogens is 422 g/mol. The molecule has 0 amide bonds. The Morgan fingerprint density at radius 3 is 2.15 bits per heavy atom. The summed E-state index contributed by atoms with van der Waals surface area (Å²) in [6, 6.07) is 34.8. The van der Waals surface area contributed by atoms with E-state index in [1.54, 1.807) is 0 Å². The second kappa shape index (κ2) is 12.4. The lowest BCUT2D eigenvalue weighted by molar-refractivity contribution is 0.307. The fourth-order valence-corrected chi connectivity index (χ4v) is 3.52. The van der Waals surface area contributed by atoms with Crippen molar-refractivity contribution in [2.75, 3.05) is 18.6 Å². The first-order valence-electron chi connectivity index (χ1n) is 11.6. The molecule has 4 aromatic rings. The molecule has 0 radical (unpaired) electrons. The van der Waals surface area contributed by atoms with Gasteiger partial charge in [0, 0.05) is 17.8 Å². The van der Waals surface area contributed by atoms with Gasteiger partial charge < -0.3 is 20.6 Å². The van der Waals surface area contributed by atoms with Gasteiger partial charge in [-0.3, -0.25) is 0 Å². The highest BCUT2D eigenvalue weighted by Crippen LogP contribution is 2.30. The molecule has 0 fully saturated rings. The van der Waals surface area contributed by atoms with Crippen LogP contribution in [0.1, 0.15) is 17.5 Å². The third-order valence-corrected chi connectivity index (χ3v) is 5.39. The second-order valence-corrected chi connectivity index (χ2v) is 7.96. The first kappa shape index (κ1) is 23.4. The summed E-state index contributed by atoms with van der Waals surface area (Å²) in [6.45, 7) is 2.50. The zero-order valence-corrected chi connectivity index (χ0v) is 19.2. The monoisotopic (exact) mass is 453 g/mol. The van der Waals surface area contributed by atoms with E-state index in [4.69, 9.17) is 15.2 Å². The van der Waals surface area contributed by atoms with Crippen molar-refractivity contribution < 1.29 is 9.47 Å². The standard InChI is InChI=1S/C29H31N3O2/c30-19-6-20-33-27-17-13-23(14-18-27)21-31-32-26-15-11-24(12-16-26)22-34-29-10-5-4-9-28(29)25-7-2-1-3-8-25/h1-5,7-18,31-32H,6,19-22,30H2.